The number of nitrogens with zero attached hydrogens (tertiary/aromatic N) is 3. The van der Waals surface area contributed by atoms with Gasteiger partial charge in [-0.2, -0.15) is 0 Å². The molecule has 0 saturated heterocycles. The first-order valence-electron chi connectivity index (χ1n) is 9.37. The Balaban J connectivity index is 1.50. The summed E-state index contributed by atoms with van der Waals surface area (Å²) in [4.78, 5) is 27.4. The Hall–Kier alpha value is -3.32. The Labute approximate surface area is 173 Å². The van der Waals surface area contributed by atoms with Crippen molar-refractivity contribution in [3.63, 3.8) is 0 Å². The standard InChI is InChI=1S/C22H21N5OS/c1-14-8-9-17(24-12-14)27-18(28)10-11-23-21-20-19(16-6-4-3-5-7-16)15(2)29-22(20)26-13-25-21/h3-9,12-13H,10-11H2,1-2H3,(H,23,25,26)(H,24,27,28). The molecule has 1 amide bonds. The minimum Gasteiger partial charge on any atom is -0.369 e. The van der Waals surface area contributed by atoms with Crippen molar-refractivity contribution in [3.05, 3.63) is 65.4 Å². The highest BCUT2D eigenvalue weighted by Crippen LogP contribution is 2.40. The highest BCUT2D eigenvalue weighted by Gasteiger charge is 2.16. The van der Waals surface area contributed by atoms with Gasteiger partial charge in [-0.1, -0.05) is 36.4 Å². The van der Waals surface area contributed by atoms with Crippen LogP contribution in [0.3, 0.4) is 0 Å². The van der Waals surface area contributed by atoms with Crippen molar-refractivity contribution >= 4 is 39.1 Å². The van der Waals surface area contributed by atoms with Gasteiger partial charge in [-0.25, -0.2) is 15.0 Å². The molecule has 0 aliphatic carbocycles. The number of amides is 1. The lowest BCUT2D eigenvalue weighted by Crippen LogP contribution is -2.17. The Bertz CT molecular complexity index is 1140. The van der Waals surface area contributed by atoms with E-state index in [0.29, 0.717) is 18.8 Å². The molecule has 0 aliphatic heterocycles. The van der Waals surface area contributed by atoms with Crippen molar-refractivity contribution in [1.82, 2.24) is 15.0 Å². The highest BCUT2D eigenvalue weighted by atomic mass is 32.1. The van der Waals surface area contributed by atoms with E-state index in [1.165, 1.54) is 4.88 Å². The predicted molar refractivity (Wildman–Crippen MR) is 118 cm³/mol. The maximum Gasteiger partial charge on any atom is 0.227 e. The third-order valence-electron chi connectivity index (χ3n) is 4.55. The summed E-state index contributed by atoms with van der Waals surface area (Å²) in [5, 5.41) is 7.13. The first kappa shape index (κ1) is 19.0. The van der Waals surface area contributed by atoms with Crippen molar-refractivity contribution in [2.75, 3.05) is 17.2 Å². The number of hydrogen-bond acceptors (Lipinski definition) is 6. The molecular formula is C22H21N5OS. The second-order valence-corrected chi connectivity index (χ2v) is 7.95. The molecule has 1 aromatic carbocycles. The van der Waals surface area contributed by atoms with Crippen LogP contribution in [-0.4, -0.2) is 27.4 Å². The first-order valence-corrected chi connectivity index (χ1v) is 10.2. The van der Waals surface area contributed by atoms with Crippen LogP contribution < -0.4 is 10.6 Å². The van der Waals surface area contributed by atoms with Crippen LogP contribution >= 0.6 is 11.3 Å². The quantitative estimate of drug-likeness (QED) is 0.483. The number of anilines is 2. The van der Waals surface area contributed by atoms with Crippen LogP contribution in [0, 0.1) is 13.8 Å². The zero-order valence-corrected chi connectivity index (χ0v) is 17.1. The van der Waals surface area contributed by atoms with Crippen LogP contribution in [0.15, 0.2) is 55.0 Å². The van der Waals surface area contributed by atoms with Gasteiger partial charge in [-0.15, -0.1) is 11.3 Å². The third kappa shape index (κ3) is 4.25. The monoisotopic (exact) mass is 403 g/mol. The summed E-state index contributed by atoms with van der Waals surface area (Å²) in [5.74, 6) is 1.22. The van der Waals surface area contributed by atoms with E-state index >= 15 is 0 Å². The van der Waals surface area contributed by atoms with Crippen LogP contribution in [0.5, 0.6) is 0 Å². The van der Waals surface area contributed by atoms with Crippen molar-refractivity contribution in [3.8, 4) is 11.1 Å². The lowest BCUT2D eigenvalue weighted by Gasteiger charge is -2.09. The first-order chi connectivity index (χ1) is 14.1. The Morgan fingerprint density at radius 2 is 1.86 bits per heavy atom. The summed E-state index contributed by atoms with van der Waals surface area (Å²) in [6.07, 6.45) is 3.60. The van der Waals surface area contributed by atoms with Gasteiger partial charge < -0.3 is 10.6 Å². The molecule has 3 heterocycles. The van der Waals surface area contributed by atoms with E-state index < -0.39 is 0 Å². The summed E-state index contributed by atoms with van der Waals surface area (Å²) in [7, 11) is 0. The van der Waals surface area contributed by atoms with E-state index in [2.05, 4.69) is 44.6 Å². The van der Waals surface area contributed by atoms with Crippen LogP contribution in [0.4, 0.5) is 11.6 Å². The van der Waals surface area contributed by atoms with Gasteiger partial charge in [0.25, 0.3) is 0 Å². The second kappa shape index (κ2) is 8.36. The molecule has 0 fully saturated rings. The topological polar surface area (TPSA) is 79.8 Å². The molecule has 0 radical (unpaired) electrons. The van der Waals surface area contributed by atoms with Gasteiger partial charge >= 0.3 is 0 Å². The molecule has 0 unspecified atom stereocenters. The summed E-state index contributed by atoms with van der Waals surface area (Å²) in [6, 6.07) is 14.0. The lowest BCUT2D eigenvalue weighted by atomic mass is 10.0. The summed E-state index contributed by atoms with van der Waals surface area (Å²) in [6.45, 7) is 4.52. The molecule has 0 aliphatic rings. The van der Waals surface area contributed by atoms with Crippen molar-refractivity contribution in [1.29, 1.82) is 0 Å². The van der Waals surface area contributed by atoms with Crippen LogP contribution in [0.2, 0.25) is 0 Å². The molecule has 3 aromatic heterocycles. The van der Waals surface area contributed by atoms with Crippen molar-refractivity contribution in [2.45, 2.75) is 20.3 Å². The van der Waals surface area contributed by atoms with Crippen LogP contribution in [0.1, 0.15) is 16.9 Å². The van der Waals surface area contributed by atoms with E-state index in [1.54, 1.807) is 29.9 Å². The van der Waals surface area contributed by atoms with E-state index in [4.69, 9.17) is 0 Å². The fraction of sp³-hybridized carbons (Fsp3) is 0.182. The second-order valence-electron chi connectivity index (χ2n) is 6.75. The van der Waals surface area contributed by atoms with Gasteiger partial charge in [0.05, 0.1) is 5.39 Å². The molecule has 0 saturated carbocycles. The molecule has 0 spiro atoms. The van der Waals surface area contributed by atoms with E-state index in [-0.39, 0.29) is 5.91 Å². The van der Waals surface area contributed by atoms with E-state index in [1.807, 2.05) is 31.2 Å². The molecule has 29 heavy (non-hydrogen) atoms. The molecule has 4 rings (SSSR count). The largest absolute Gasteiger partial charge is 0.369 e. The maximum atomic E-state index is 12.2. The zero-order valence-electron chi connectivity index (χ0n) is 16.3. The SMILES string of the molecule is Cc1ccc(NC(=O)CCNc2ncnc3sc(C)c(-c4ccccc4)c23)nc1. The van der Waals surface area contributed by atoms with Crippen LogP contribution in [-0.2, 0) is 4.79 Å². The number of aromatic nitrogens is 3. The lowest BCUT2D eigenvalue weighted by molar-refractivity contribution is -0.116. The van der Waals surface area contributed by atoms with Gasteiger partial charge in [-0.3, -0.25) is 4.79 Å². The average Bonchev–Trinajstić information content (AvgIpc) is 3.07. The summed E-state index contributed by atoms with van der Waals surface area (Å²) < 4.78 is 0. The smallest absolute Gasteiger partial charge is 0.227 e. The molecular weight excluding hydrogens is 382 g/mol. The van der Waals surface area contributed by atoms with Crippen LogP contribution in [0.25, 0.3) is 21.3 Å². The van der Waals surface area contributed by atoms with Gasteiger partial charge in [0.15, 0.2) is 0 Å². The van der Waals surface area contributed by atoms with E-state index in [9.17, 15) is 4.79 Å². The number of rotatable bonds is 6. The molecule has 2 N–H and O–H groups in total. The van der Waals surface area contributed by atoms with Gasteiger partial charge in [0, 0.05) is 29.6 Å². The minimum atomic E-state index is -0.0936. The fourth-order valence-electron chi connectivity index (χ4n) is 3.17. The number of carbonyl (C=O) groups excluding carboxylic acids is 1. The number of aryl methyl sites for hydroxylation is 2. The van der Waals surface area contributed by atoms with E-state index in [0.717, 1.165) is 32.7 Å². The summed E-state index contributed by atoms with van der Waals surface area (Å²) in [5.41, 5.74) is 3.33. The number of carbonyl (C=O) groups is 1. The maximum absolute atomic E-state index is 12.2. The normalized spacial score (nSPS) is 10.8. The zero-order chi connectivity index (χ0) is 20.2. The third-order valence-corrected chi connectivity index (χ3v) is 5.56. The van der Waals surface area contributed by atoms with Crippen molar-refractivity contribution in [2.24, 2.45) is 0 Å². The number of hydrogen-bond donors (Lipinski definition) is 2. The Morgan fingerprint density at radius 1 is 1.03 bits per heavy atom. The number of pyridine rings is 1. The Morgan fingerprint density at radius 3 is 2.62 bits per heavy atom. The number of benzene rings is 1. The molecule has 0 atom stereocenters. The van der Waals surface area contributed by atoms with Gasteiger partial charge in [-0.05, 0) is 31.0 Å². The summed E-state index contributed by atoms with van der Waals surface area (Å²) >= 11 is 1.65. The average molecular weight is 404 g/mol. The number of fused-ring (bicyclic) bond motifs is 1. The molecule has 146 valence electrons. The van der Waals surface area contributed by atoms with Gasteiger partial charge in [0.2, 0.25) is 5.91 Å². The minimum absolute atomic E-state index is 0.0936. The Kier molecular flexibility index (Phi) is 5.48. The molecule has 7 heteroatoms. The fourth-order valence-corrected chi connectivity index (χ4v) is 4.18. The number of nitrogens with one attached hydrogen (secondary N) is 2. The number of thiophene rings is 1. The predicted octanol–water partition coefficient (Wildman–Crippen LogP) is 4.81. The van der Waals surface area contributed by atoms with Crippen molar-refractivity contribution < 1.29 is 4.79 Å². The van der Waals surface area contributed by atoms with Gasteiger partial charge in [0.1, 0.15) is 22.8 Å². The molecule has 6 nitrogen and oxygen atoms in total. The highest BCUT2D eigenvalue weighted by molar-refractivity contribution is 7.19. The molecule has 4 aromatic rings. The molecule has 0 bridgehead atoms.